The van der Waals surface area contributed by atoms with Gasteiger partial charge >= 0.3 is 0 Å². The minimum Gasteiger partial charge on any atom is -0.359 e. The number of aromatic nitrogens is 1. The molecule has 17 heavy (non-hydrogen) atoms. The van der Waals surface area contributed by atoms with Gasteiger partial charge in [0.2, 0.25) is 5.91 Å². The molecule has 1 aliphatic rings. The lowest BCUT2D eigenvalue weighted by atomic mass is 9.96. The van der Waals surface area contributed by atoms with Gasteiger partial charge in [0.05, 0.1) is 0 Å². The Morgan fingerprint density at radius 2 is 2.18 bits per heavy atom. The van der Waals surface area contributed by atoms with E-state index in [4.69, 9.17) is 11.6 Å². The van der Waals surface area contributed by atoms with E-state index < -0.39 is 0 Å². The average Bonchev–Trinajstić information content (AvgIpc) is 2.38. The maximum atomic E-state index is 11.5. The van der Waals surface area contributed by atoms with Gasteiger partial charge in [0.1, 0.15) is 11.0 Å². The maximum absolute atomic E-state index is 11.5. The Balaban J connectivity index is 1.97. The summed E-state index contributed by atoms with van der Waals surface area (Å²) >= 11 is 5.86. The number of pyridine rings is 1. The van der Waals surface area contributed by atoms with Crippen LogP contribution in [0.5, 0.6) is 0 Å². The lowest BCUT2D eigenvalue weighted by Crippen LogP contribution is -2.39. The summed E-state index contributed by atoms with van der Waals surface area (Å²) in [6, 6.07) is 5.62. The van der Waals surface area contributed by atoms with Gasteiger partial charge in [-0.1, -0.05) is 17.7 Å². The van der Waals surface area contributed by atoms with Gasteiger partial charge < -0.3 is 10.2 Å². The average molecular weight is 254 g/mol. The molecule has 0 bridgehead atoms. The normalized spacial score (nSPS) is 16.9. The highest BCUT2D eigenvalue weighted by molar-refractivity contribution is 6.29. The number of hydrogen-bond donors (Lipinski definition) is 1. The second-order valence-electron chi connectivity index (χ2n) is 4.19. The highest BCUT2D eigenvalue weighted by Gasteiger charge is 2.24. The minimum atomic E-state index is 0.135. The van der Waals surface area contributed by atoms with Crippen molar-refractivity contribution in [2.45, 2.75) is 12.8 Å². The number of carbonyl (C=O) groups is 1. The van der Waals surface area contributed by atoms with Crippen LogP contribution in [0.25, 0.3) is 0 Å². The summed E-state index contributed by atoms with van der Waals surface area (Å²) in [5, 5.41) is 3.21. The topological polar surface area (TPSA) is 45.2 Å². The van der Waals surface area contributed by atoms with Gasteiger partial charge in [-0.2, -0.15) is 0 Å². The zero-order chi connectivity index (χ0) is 12.3. The van der Waals surface area contributed by atoms with E-state index in [0.717, 1.165) is 31.7 Å². The SMILES string of the molecule is CNC(=O)C1CCN(c2cccc(Cl)n2)CC1. The number of amides is 1. The van der Waals surface area contributed by atoms with Crippen molar-refractivity contribution in [1.82, 2.24) is 10.3 Å². The molecule has 1 N–H and O–H groups in total. The first-order valence-electron chi connectivity index (χ1n) is 5.80. The molecular weight excluding hydrogens is 238 g/mol. The largest absolute Gasteiger partial charge is 0.359 e. The number of halogens is 1. The van der Waals surface area contributed by atoms with Crippen LogP contribution in [0.15, 0.2) is 18.2 Å². The van der Waals surface area contributed by atoms with Crippen LogP contribution in [-0.2, 0) is 4.79 Å². The zero-order valence-electron chi connectivity index (χ0n) is 9.82. The second-order valence-corrected chi connectivity index (χ2v) is 4.58. The van der Waals surface area contributed by atoms with Crippen LogP contribution in [0, 0.1) is 5.92 Å². The fraction of sp³-hybridized carbons (Fsp3) is 0.500. The molecule has 1 aromatic rings. The van der Waals surface area contributed by atoms with Gasteiger partial charge in [0.25, 0.3) is 0 Å². The summed E-state index contributed by atoms with van der Waals surface area (Å²) in [4.78, 5) is 17.9. The third kappa shape index (κ3) is 2.88. The number of rotatable bonds is 2. The number of nitrogens with zero attached hydrogens (tertiary/aromatic N) is 2. The first-order chi connectivity index (χ1) is 8.20. The van der Waals surface area contributed by atoms with E-state index in [-0.39, 0.29) is 11.8 Å². The first kappa shape index (κ1) is 12.2. The number of carbonyl (C=O) groups excluding carboxylic acids is 1. The van der Waals surface area contributed by atoms with Gasteiger partial charge in [-0.15, -0.1) is 0 Å². The van der Waals surface area contributed by atoms with Crippen molar-refractivity contribution in [3.8, 4) is 0 Å². The molecule has 1 saturated heterocycles. The Morgan fingerprint density at radius 1 is 1.47 bits per heavy atom. The molecule has 2 heterocycles. The van der Waals surface area contributed by atoms with Crippen molar-refractivity contribution in [2.75, 3.05) is 25.0 Å². The van der Waals surface area contributed by atoms with Crippen molar-refractivity contribution in [1.29, 1.82) is 0 Å². The standard InChI is InChI=1S/C12H16ClN3O/c1-14-12(17)9-5-7-16(8-6-9)11-4-2-3-10(13)15-11/h2-4,9H,5-8H2,1H3,(H,14,17). The molecule has 0 spiro atoms. The summed E-state index contributed by atoms with van der Waals surface area (Å²) in [6.45, 7) is 1.71. The maximum Gasteiger partial charge on any atom is 0.222 e. The van der Waals surface area contributed by atoms with Crippen molar-refractivity contribution >= 4 is 23.3 Å². The van der Waals surface area contributed by atoms with Gasteiger partial charge in [-0.3, -0.25) is 4.79 Å². The van der Waals surface area contributed by atoms with Crippen LogP contribution in [-0.4, -0.2) is 31.0 Å². The van der Waals surface area contributed by atoms with Crippen LogP contribution < -0.4 is 10.2 Å². The summed E-state index contributed by atoms with van der Waals surface area (Å²) in [7, 11) is 1.69. The number of hydrogen-bond acceptors (Lipinski definition) is 3. The van der Waals surface area contributed by atoms with Crippen molar-refractivity contribution in [3.05, 3.63) is 23.4 Å². The van der Waals surface area contributed by atoms with Crippen LogP contribution >= 0.6 is 11.6 Å². The minimum absolute atomic E-state index is 0.135. The predicted molar refractivity (Wildman–Crippen MR) is 68.3 cm³/mol. The number of piperidine rings is 1. The Kier molecular flexibility index (Phi) is 3.84. The lowest BCUT2D eigenvalue weighted by Gasteiger charge is -2.31. The second kappa shape index (κ2) is 5.36. The number of anilines is 1. The summed E-state index contributed by atoms with van der Waals surface area (Å²) in [6.07, 6.45) is 1.74. The van der Waals surface area contributed by atoms with Crippen LogP contribution in [0.2, 0.25) is 5.15 Å². The molecule has 0 unspecified atom stereocenters. The monoisotopic (exact) mass is 253 g/mol. The molecule has 4 nitrogen and oxygen atoms in total. The van der Waals surface area contributed by atoms with Crippen LogP contribution in [0.3, 0.4) is 0 Å². The van der Waals surface area contributed by atoms with Gasteiger partial charge in [-0.05, 0) is 25.0 Å². The number of nitrogens with one attached hydrogen (secondary N) is 1. The first-order valence-corrected chi connectivity index (χ1v) is 6.17. The van der Waals surface area contributed by atoms with E-state index in [1.165, 1.54) is 0 Å². The van der Waals surface area contributed by atoms with Gasteiger partial charge in [-0.25, -0.2) is 4.98 Å². The summed E-state index contributed by atoms with van der Waals surface area (Å²) in [5.41, 5.74) is 0. The van der Waals surface area contributed by atoms with Gasteiger partial charge in [0, 0.05) is 26.1 Å². The van der Waals surface area contributed by atoms with Crippen molar-refractivity contribution in [3.63, 3.8) is 0 Å². The van der Waals surface area contributed by atoms with Crippen molar-refractivity contribution < 1.29 is 4.79 Å². The lowest BCUT2D eigenvalue weighted by molar-refractivity contribution is -0.125. The third-order valence-corrected chi connectivity index (χ3v) is 3.35. The highest BCUT2D eigenvalue weighted by atomic mass is 35.5. The summed E-state index contributed by atoms with van der Waals surface area (Å²) in [5.74, 6) is 1.17. The Morgan fingerprint density at radius 3 is 2.76 bits per heavy atom. The molecule has 0 radical (unpaired) electrons. The molecule has 1 aliphatic heterocycles. The molecule has 0 saturated carbocycles. The fourth-order valence-corrected chi connectivity index (χ4v) is 2.31. The van der Waals surface area contributed by atoms with E-state index in [0.29, 0.717) is 5.15 Å². The smallest absolute Gasteiger partial charge is 0.222 e. The molecule has 5 heteroatoms. The highest BCUT2D eigenvalue weighted by Crippen LogP contribution is 2.22. The molecule has 1 aromatic heterocycles. The quantitative estimate of drug-likeness (QED) is 0.816. The zero-order valence-corrected chi connectivity index (χ0v) is 10.6. The molecule has 0 atom stereocenters. The molecule has 1 amide bonds. The Labute approximate surface area is 106 Å². The molecule has 0 aliphatic carbocycles. The molecular formula is C12H16ClN3O. The van der Waals surface area contributed by atoms with E-state index in [2.05, 4.69) is 15.2 Å². The van der Waals surface area contributed by atoms with Crippen LogP contribution in [0.1, 0.15) is 12.8 Å². The predicted octanol–water partition coefficient (Wildman–Crippen LogP) is 1.70. The van der Waals surface area contributed by atoms with Crippen molar-refractivity contribution in [2.24, 2.45) is 5.92 Å². The van der Waals surface area contributed by atoms with E-state index in [1.54, 1.807) is 13.1 Å². The van der Waals surface area contributed by atoms with E-state index in [9.17, 15) is 4.79 Å². The van der Waals surface area contributed by atoms with E-state index in [1.807, 2.05) is 12.1 Å². The summed E-state index contributed by atoms with van der Waals surface area (Å²) < 4.78 is 0. The van der Waals surface area contributed by atoms with E-state index >= 15 is 0 Å². The van der Waals surface area contributed by atoms with Gasteiger partial charge in [0.15, 0.2) is 0 Å². The molecule has 1 fully saturated rings. The third-order valence-electron chi connectivity index (χ3n) is 3.14. The Hall–Kier alpha value is -1.29. The molecule has 92 valence electrons. The fourth-order valence-electron chi connectivity index (χ4n) is 2.15. The van der Waals surface area contributed by atoms with Crippen LogP contribution in [0.4, 0.5) is 5.82 Å². The molecule has 2 rings (SSSR count). The molecule has 0 aromatic carbocycles. The Bertz CT molecular complexity index is 402.